The topological polar surface area (TPSA) is 56.7 Å². The first kappa shape index (κ1) is 15.0. The highest BCUT2D eigenvalue weighted by atomic mass is 79.9. The summed E-state index contributed by atoms with van der Waals surface area (Å²) in [6.45, 7) is 7.39. The van der Waals surface area contributed by atoms with Crippen LogP contribution in [0.5, 0.6) is 0 Å². The van der Waals surface area contributed by atoms with Crippen LogP contribution in [0.4, 0.5) is 5.82 Å². The van der Waals surface area contributed by atoms with Crippen molar-refractivity contribution in [3.8, 4) is 11.3 Å². The summed E-state index contributed by atoms with van der Waals surface area (Å²) in [5.74, 6) is 2.14. The number of nitrogens with zero attached hydrogens (tertiary/aromatic N) is 3. The molecule has 2 heterocycles. The number of nitrogens with two attached hydrogens (primary N) is 1. The Morgan fingerprint density at radius 1 is 1.35 bits per heavy atom. The van der Waals surface area contributed by atoms with E-state index in [1.807, 2.05) is 6.07 Å². The summed E-state index contributed by atoms with van der Waals surface area (Å²) < 4.78 is 3.08. The molecule has 0 radical (unpaired) electrons. The van der Waals surface area contributed by atoms with Crippen LogP contribution in [0.1, 0.15) is 45.4 Å². The third-order valence-corrected chi connectivity index (χ3v) is 3.70. The molecule has 0 aromatic carbocycles. The highest BCUT2D eigenvalue weighted by Crippen LogP contribution is 2.30. The summed E-state index contributed by atoms with van der Waals surface area (Å²) in [6, 6.07) is 2.00. The van der Waals surface area contributed by atoms with Gasteiger partial charge in [-0.05, 0) is 28.4 Å². The molecule has 0 spiro atoms. The van der Waals surface area contributed by atoms with Crippen LogP contribution in [0.3, 0.4) is 0 Å². The second-order valence-corrected chi connectivity index (χ2v) is 6.17. The van der Waals surface area contributed by atoms with Gasteiger partial charge in [0.25, 0.3) is 0 Å². The van der Waals surface area contributed by atoms with Gasteiger partial charge in [0.2, 0.25) is 0 Å². The lowest BCUT2D eigenvalue weighted by Crippen LogP contribution is -2.08. The third kappa shape index (κ3) is 3.03. The minimum atomic E-state index is 0.350. The van der Waals surface area contributed by atoms with Crippen LogP contribution in [0.15, 0.2) is 22.9 Å². The van der Waals surface area contributed by atoms with Gasteiger partial charge in [-0.25, -0.2) is 4.98 Å². The average molecular weight is 337 g/mol. The number of rotatable bonds is 5. The van der Waals surface area contributed by atoms with Crippen molar-refractivity contribution in [1.82, 2.24) is 14.5 Å². The van der Waals surface area contributed by atoms with Gasteiger partial charge in [-0.1, -0.05) is 27.2 Å². The summed E-state index contributed by atoms with van der Waals surface area (Å²) in [7, 11) is 0. The number of aromatic nitrogens is 3. The minimum absolute atomic E-state index is 0.350. The van der Waals surface area contributed by atoms with Crippen molar-refractivity contribution in [2.75, 3.05) is 5.73 Å². The average Bonchev–Trinajstić information content (AvgIpc) is 2.74. The van der Waals surface area contributed by atoms with Crippen LogP contribution in [-0.4, -0.2) is 14.5 Å². The molecule has 0 aliphatic heterocycles. The zero-order valence-electron chi connectivity index (χ0n) is 12.2. The molecule has 0 atom stereocenters. The van der Waals surface area contributed by atoms with Crippen molar-refractivity contribution in [3.63, 3.8) is 0 Å². The molecule has 0 aliphatic rings. The van der Waals surface area contributed by atoms with Crippen molar-refractivity contribution in [3.05, 3.63) is 28.8 Å². The molecule has 0 amide bonds. The monoisotopic (exact) mass is 336 g/mol. The summed E-state index contributed by atoms with van der Waals surface area (Å²) in [4.78, 5) is 8.95. The van der Waals surface area contributed by atoms with Crippen molar-refractivity contribution in [1.29, 1.82) is 0 Å². The number of hydrogen-bond acceptors (Lipinski definition) is 3. The Morgan fingerprint density at radius 3 is 2.70 bits per heavy atom. The fourth-order valence-electron chi connectivity index (χ4n) is 2.23. The predicted molar refractivity (Wildman–Crippen MR) is 86.6 cm³/mol. The number of halogens is 1. The van der Waals surface area contributed by atoms with Gasteiger partial charge >= 0.3 is 0 Å². The van der Waals surface area contributed by atoms with E-state index in [-0.39, 0.29) is 0 Å². The summed E-state index contributed by atoms with van der Waals surface area (Å²) in [5.41, 5.74) is 8.11. The maximum absolute atomic E-state index is 6.32. The van der Waals surface area contributed by atoms with E-state index in [0.717, 1.165) is 46.8 Å². The molecule has 0 fully saturated rings. The molecular weight excluding hydrogens is 316 g/mol. The molecule has 2 aromatic heterocycles. The molecule has 108 valence electrons. The van der Waals surface area contributed by atoms with Crippen molar-refractivity contribution >= 4 is 21.7 Å². The number of pyridine rings is 1. The molecule has 0 bridgehead atoms. The van der Waals surface area contributed by atoms with Crippen molar-refractivity contribution < 1.29 is 0 Å². The maximum atomic E-state index is 6.32. The summed E-state index contributed by atoms with van der Waals surface area (Å²) in [6.07, 6.45) is 5.81. The van der Waals surface area contributed by atoms with E-state index in [9.17, 15) is 0 Å². The number of anilines is 1. The van der Waals surface area contributed by atoms with E-state index in [1.165, 1.54) is 0 Å². The zero-order chi connectivity index (χ0) is 14.7. The SMILES string of the molecule is CCCCn1c(C(C)C)nc(-c2cncc(Br)c2)c1N. The first-order valence-corrected chi connectivity index (χ1v) is 7.80. The minimum Gasteiger partial charge on any atom is -0.383 e. The van der Waals surface area contributed by atoms with Crippen LogP contribution in [-0.2, 0) is 6.54 Å². The van der Waals surface area contributed by atoms with Crippen LogP contribution < -0.4 is 5.73 Å². The highest BCUT2D eigenvalue weighted by molar-refractivity contribution is 9.10. The van der Waals surface area contributed by atoms with Gasteiger partial charge in [0, 0.05) is 34.9 Å². The number of hydrogen-bond donors (Lipinski definition) is 1. The first-order chi connectivity index (χ1) is 9.54. The number of nitrogen functional groups attached to an aromatic ring is 1. The van der Waals surface area contributed by atoms with E-state index in [1.54, 1.807) is 12.4 Å². The zero-order valence-corrected chi connectivity index (χ0v) is 13.8. The molecule has 5 heteroatoms. The smallest absolute Gasteiger partial charge is 0.131 e. The second-order valence-electron chi connectivity index (χ2n) is 5.26. The van der Waals surface area contributed by atoms with E-state index in [2.05, 4.69) is 46.3 Å². The molecule has 0 aliphatic carbocycles. The van der Waals surface area contributed by atoms with E-state index < -0.39 is 0 Å². The largest absolute Gasteiger partial charge is 0.383 e. The van der Waals surface area contributed by atoms with Gasteiger partial charge in [0.1, 0.15) is 17.3 Å². The number of imidazole rings is 1. The molecule has 2 aromatic rings. The lowest BCUT2D eigenvalue weighted by molar-refractivity contribution is 0.588. The Kier molecular flexibility index (Phi) is 4.81. The Balaban J connectivity index is 2.49. The summed E-state index contributed by atoms with van der Waals surface area (Å²) >= 11 is 3.44. The Morgan fingerprint density at radius 2 is 2.10 bits per heavy atom. The molecule has 0 unspecified atom stereocenters. The Labute approximate surface area is 128 Å². The lowest BCUT2D eigenvalue weighted by atomic mass is 10.2. The van der Waals surface area contributed by atoms with Crippen LogP contribution in [0, 0.1) is 0 Å². The molecule has 2 N–H and O–H groups in total. The molecule has 2 rings (SSSR count). The fraction of sp³-hybridized carbons (Fsp3) is 0.467. The normalized spacial score (nSPS) is 11.2. The number of unbranched alkanes of at least 4 members (excludes halogenated alkanes) is 1. The fourth-order valence-corrected chi connectivity index (χ4v) is 2.59. The standard InChI is InChI=1S/C15H21BrN4/c1-4-5-6-20-14(17)13(19-15(20)10(2)3)11-7-12(16)9-18-8-11/h7-10H,4-6,17H2,1-3H3. The van der Waals surface area contributed by atoms with Gasteiger partial charge in [-0.3, -0.25) is 4.98 Å². The Bertz CT molecular complexity index is 590. The van der Waals surface area contributed by atoms with Gasteiger partial charge < -0.3 is 10.3 Å². The van der Waals surface area contributed by atoms with Gasteiger partial charge in [-0.15, -0.1) is 0 Å². The lowest BCUT2D eigenvalue weighted by Gasteiger charge is -2.11. The molecule has 20 heavy (non-hydrogen) atoms. The van der Waals surface area contributed by atoms with Gasteiger partial charge in [-0.2, -0.15) is 0 Å². The van der Waals surface area contributed by atoms with Crippen LogP contribution >= 0.6 is 15.9 Å². The van der Waals surface area contributed by atoms with Crippen LogP contribution in [0.25, 0.3) is 11.3 Å². The van der Waals surface area contributed by atoms with Crippen molar-refractivity contribution in [2.45, 2.75) is 46.1 Å². The van der Waals surface area contributed by atoms with E-state index >= 15 is 0 Å². The Hall–Kier alpha value is -1.36. The molecule has 0 saturated carbocycles. The van der Waals surface area contributed by atoms with Crippen LogP contribution in [0.2, 0.25) is 0 Å². The van der Waals surface area contributed by atoms with Gasteiger partial charge in [0.05, 0.1) is 0 Å². The molecule has 4 nitrogen and oxygen atoms in total. The third-order valence-electron chi connectivity index (χ3n) is 3.27. The first-order valence-electron chi connectivity index (χ1n) is 7.01. The maximum Gasteiger partial charge on any atom is 0.131 e. The van der Waals surface area contributed by atoms with E-state index in [0.29, 0.717) is 5.92 Å². The van der Waals surface area contributed by atoms with E-state index in [4.69, 9.17) is 10.7 Å². The van der Waals surface area contributed by atoms with Crippen molar-refractivity contribution in [2.24, 2.45) is 0 Å². The van der Waals surface area contributed by atoms with Gasteiger partial charge in [0.15, 0.2) is 0 Å². The quantitative estimate of drug-likeness (QED) is 0.889. The summed E-state index contributed by atoms with van der Waals surface area (Å²) in [5, 5.41) is 0. The predicted octanol–water partition coefficient (Wildman–Crippen LogP) is 4.21. The second kappa shape index (κ2) is 6.39. The molecule has 0 saturated heterocycles. The highest BCUT2D eigenvalue weighted by Gasteiger charge is 2.18. The molecular formula is C15H21BrN4.